The van der Waals surface area contributed by atoms with E-state index in [0.717, 1.165) is 27.4 Å². The van der Waals surface area contributed by atoms with Crippen LogP contribution in [-0.4, -0.2) is 33.0 Å². The zero-order valence-corrected chi connectivity index (χ0v) is 14.7. The lowest BCUT2D eigenvalue weighted by Crippen LogP contribution is -2.44. The maximum atomic E-state index is 12.8. The molecule has 0 aliphatic rings. The number of fused-ring (bicyclic) bond motifs is 2. The van der Waals surface area contributed by atoms with Gasteiger partial charge in [0.2, 0.25) is 11.8 Å². The molecule has 0 aliphatic carbocycles. The van der Waals surface area contributed by atoms with Crippen LogP contribution in [0, 0.1) is 0 Å². The number of hydrogen-bond acceptors (Lipinski definition) is 3. The fourth-order valence-corrected chi connectivity index (χ4v) is 3.22. The highest BCUT2D eigenvalue weighted by Gasteiger charge is 2.21. The maximum absolute atomic E-state index is 12.8. The van der Waals surface area contributed by atoms with Gasteiger partial charge in [0.1, 0.15) is 6.04 Å². The van der Waals surface area contributed by atoms with E-state index in [9.17, 15) is 9.59 Å². The average molecular weight is 361 g/mol. The van der Waals surface area contributed by atoms with Crippen LogP contribution >= 0.6 is 0 Å². The molecule has 2 amide bonds. The Morgan fingerprint density at radius 1 is 1.15 bits per heavy atom. The first-order valence-electron chi connectivity index (χ1n) is 8.66. The summed E-state index contributed by atoms with van der Waals surface area (Å²) >= 11 is 0. The first-order valence-corrected chi connectivity index (χ1v) is 8.66. The van der Waals surface area contributed by atoms with E-state index in [4.69, 9.17) is 0 Å². The van der Waals surface area contributed by atoms with Crippen LogP contribution in [-0.2, 0) is 16.0 Å². The summed E-state index contributed by atoms with van der Waals surface area (Å²) in [5.74, 6) is -0.515. The topological polar surface area (TPSA) is 103 Å². The molecule has 4 rings (SSSR count). The van der Waals surface area contributed by atoms with Gasteiger partial charge in [-0.2, -0.15) is 5.10 Å². The minimum atomic E-state index is -0.679. The van der Waals surface area contributed by atoms with Crippen molar-refractivity contribution < 1.29 is 9.59 Å². The van der Waals surface area contributed by atoms with E-state index in [0.29, 0.717) is 12.1 Å². The van der Waals surface area contributed by atoms with Gasteiger partial charge in [0.05, 0.1) is 11.7 Å². The molecule has 4 N–H and O–H groups in total. The van der Waals surface area contributed by atoms with Crippen molar-refractivity contribution in [2.45, 2.75) is 19.4 Å². The molecule has 7 nitrogen and oxygen atoms in total. The van der Waals surface area contributed by atoms with Gasteiger partial charge in [-0.1, -0.05) is 18.2 Å². The van der Waals surface area contributed by atoms with Crippen LogP contribution in [0.3, 0.4) is 0 Å². The molecule has 136 valence electrons. The summed E-state index contributed by atoms with van der Waals surface area (Å²) in [6.07, 6.45) is 3.97. The molecule has 27 heavy (non-hydrogen) atoms. The first-order chi connectivity index (χ1) is 13.1. The number of H-pyrrole nitrogens is 2. The van der Waals surface area contributed by atoms with Crippen molar-refractivity contribution >= 4 is 39.3 Å². The van der Waals surface area contributed by atoms with Crippen molar-refractivity contribution in [1.29, 1.82) is 0 Å². The lowest BCUT2D eigenvalue weighted by atomic mass is 10.0. The molecule has 4 aromatic rings. The lowest BCUT2D eigenvalue weighted by molar-refractivity contribution is -0.125. The number of aromatic amines is 2. The fourth-order valence-electron chi connectivity index (χ4n) is 3.22. The number of para-hydroxylation sites is 1. The summed E-state index contributed by atoms with van der Waals surface area (Å²) in [5.41, 5.74) is 3.53. The molecule has 1 atom stereocenters. The summed E-state index contributed by atoms with van der Waals surface area (Å²) in [4.78, 5) is 27.7. The molecule has 2 aromatic carbocycles. The average Bonchev–Trinajstić information content (AvgIpc) is 3.27. The second-order valence-electron chi connectivity index (χ2n) is 6.48. The number of hydrogen-bond donors (Lipinski definition) is 4. The first kappa shape index (κ1) is 16.8. The van der Waals surface area contributed by atoms with E-state index >= 15 is 0 Å². The third-order valence-corrected chi connectivity index (χ3v) is 4.50. The van der Waals surface area contributed by atoms with Crippen molar-refractivity contribution in [1.82, 2.24) is 20.5 Å². The van der Waals surface area contributed by atoms with E-state index in [1.165, 1.54) is 6.92 Å². The molecule has 1 unspecified atom stereocenters. The normalized spacial score (nSPS) is 12.2. The van der Waals surface area contributed by atoms with Crippen LogP contribution in [0.15, 0.2) is 54.9 Å². The Morgan fingerprint density at radius 2 is 2.00 bits per heavy atom. The quantitative estimate of drug-likeness (QED) is 0.439. The molecule has 0 aliphatic heterocycles. The molecule has 2 heterocycles. The van der Waals surface area contributed by atoms with Crippen molar-refractivity contribution in [3.05, 3.63) is 60.4 Å². The summed E-state index contributed by atoms with van der Waals surface area (Å²) in [7, 11) is 0. The minimum Gasteiger partial charge on any atom is -0.361 e. The fraction of sp³-hybridized carbons (Fsp3) is 0.150. The Morgan fingerprint density at radius 3 is 2.85 bits per heavy atom. The number of nitrogens with zero attached hydrogens (tertiary/aromatic N) is 1. The molecule has 0 saturated carbocycles. The molecule has 0 radical (unpaired) electrons. The van der Waals surface area contributed by atoms with Crippen LogP contribution < -0.4 is 10.6 Å². The summed E-state index contributed by atoms with van der Waals surface area (Å²) in [6.45, 7) is 1.41. The van der Waals surface area contributed by atoms with E-state index in [1.54, 1.807) is 12.3 Å². The van der Waals surface area contributed by atoms with Gasteiger partial charge in [-0.05, 0) is 29.8 Å². The van der Waals surface area contributed by atoms with E-state index in [2.05, 4.69) is 25.8 Å². The maximum Gasteiger partial charge on any atom is 0.247 e. The number of aromatic nitrogens is 3. The molecular weight excluding hydrogens is 342 g/mol. The zero-order valence-electron chi connectivity index (χ0n) is 14.7. The third kappa shape index (κ3) is 3.52. The van der Waals surface area contributed by atoms with Gasteiger partial charge in [0.25, 0.3) is 0 Å². The zero-order chi connectivity index (χ0) is 18.8. The van der Waals surface area contributed by atoms with Crippen LogP contribution in [0.4, 0.5) is 5.69 Å². The van der Waals surface area contributed by atoms with E-state index in [1.807, 2.05) is 42.6 Å². The van der Waals surface area contributed by atoms with Gasteiger partial charge >= 0.3 is 0 Å². The number of rotatable bonds is 5. The van der Waals surface area contributed by atoms with Crippen molar-refractivity contribution in [3.63, 3.8) is 0 Å². The van der Waals surface area contributed by atoms with Crippen molar-refractivity contribution in [2.24, 2.45) is 0 Å². The molecule has 0 fully saturated rings. The largest absolute Gasteiger partial charge is 0.361 e. The minimum absolute atomic E-state index is 0.250. The second kappa shape index (κ2) is 6.95. The smallest absolute Gasteiger partial charge is 0.247 e. The molecule has 0 spiro atoms. The number of nitrogens with one attached hydrogen (secondary N) is 4. The summed E-state index contributed by atoms with van der Waals surface area (Å²) in [5, 5.41) is 14.4. The van der Waals surface area contributed by atoms with Crippen molar-refractivity contribution in [3.8, 4) is 0 Å². The van der Waals surface area contributed by atoms with Crippen LogP contribution in [0.5, 0.6) is 0 Å². The van der Waals surface area contributed by atoms with Crippen molar-refractivity contribution in [2.75, 3.05) is 5.32 Å². The Bertz CT molecular complexity index is 1130. The van der Waals surface area contributed by atoms with Gasteiger partial charge in [-0.15, -0.1) is 0 Å². The van der Waals surface area contributed by atoms with Gasteiger partial charge < -0.3 is 15.6 Å². The molecule has 7 heteroatoms. The molecule has 0 saturated heterocycles. The van der Waals surface area contributed by atoms with Gasteiger partial charge in [0, 0.05) is 41.5 Å². The lowest BCUT2D eigenvalue weighted by Gasteiger charge is -2.17. The Labute approximate surface area is 155 Å². The Balaban J connectivity index is 1.57. The molecule has 0 bridgehead atoms. The second-order valence-corrected chi connectivity index (χ2v) is 6.48. The Hall–Kier alpha value is -3.61. The highest BCUT2D eigenvalue weighted by molar-refractivity contribution is 5.99. The molecule has 2 aromatic heterocycles. The number of amides is 2. The van der Waals surface area contributed by atoms with E-state index < -0.39 is 6.04 Å². The molecular formula is C20H19N5O2. The number of carbonyl (C=O) groups is 2. The highest BCUT2D eigenvalue weighted by Crippen LogP contribution is 2.20. The predicted octanol–water partition coefficient (Wildman–Crippen LogP) is 2.73. The monoisotopic (exact) mass is 361 g/mol. The van der Waals surface area contributed by atoms with Gasteiger partial charge in [-0.25, -0.2) is 0 Å². The number of carbonyl (C=O) groups excluding carboxylic acids is 2. The highest BCUT2D eigenvalue weighted by atomic mass is 16.2. The van der Waals surface area contributed by atoms with Crippen LogP contribution in [0.1, 0.15) is 12.5 Å². The SMILES string of the molecule is CC(=O)NC(Cc1c[nH]c2ccccc12)C(=O)Nc1ccc2[nH]ncc2c1. The van der Waals surface area contributed by atoms with E-state index in [-0.39, 0.29) is 11.8 Å². The Kier molecular flexibility index (Phi) is 4.33. The number of benzene rings is 2. The van der Waals surface area contributed by atoms with Crippen LogP contribution in [0.25, 0.3) is 21.8 Å². The predicted molar refractivity (Wildman–Crippen MR) is 104 cm³/mol. The standard InChI is InChI=1S/C20H19N5O2/c1-12(26)23-19(9-13-10-21-18-5-3-2-4-16(13)18)20(27)24-15-6-7-17-14(8-15)11-22-25-17/h2-8,10-11,19,21H,9H2,1H3,(H,22,25)(H,23,26)(H,24,27). The summed E-state index contributed by atoms with van der Waals surface area (Å²) in [6, 6.07) is 12.7. The third-order valence-electron chi connectivity index (χ3n) is 4.50. The van der Waals surface area contributed by atoms with Crippen LogP contribution in [0.2, 0.25) is 0 Å². The van der Waals surface area contributed by atoms with Gasteiger partial charge in [-0.3, -0.25) is 14.7 Å². The summed E-state index contributed by atoms with van der Waals surface area (Å²) < 4.78 is 0. The van der Waals surface area contributed by atoms with Gasteiger partial charge in [0.15, 0.2) is 0 Å². The number of anilines is 1.